The molecule has 0 fully saturated rings. The molecule has 0 saturated heterocycles. The van der Waals surface area contributed by atoms with Crippen molar-refractivity contribution >= 4 is 10.0 Å². The highest BCUT2D eigenvalue weighted by Crippen LogP contribution is 2.45. The van der Waals surface area contributed by atoms with E-state index in [0.717, 1.165) is 0 Å². The summed E-state index contributed by atoms with van der Waals surface area (Å²) in [5.74, 6) is 0. The van der Waals surface area contributed by atoms with Gasteiger partial charge in [0.2, 0.25) is 0 Å². The maximum absolute atomic E-state index is 2.33. The third-order valence-electron chi connectivity index (χ3n) is 3.48. The van der Waals surface area contributed by atoms with Crippen LogP contribution in [0, 0.1) is 13.8 Å². The lowest BCUT2D eigenvalue weighted by Gasteiger charge is -2.26. The van der Waals surface area contributed by atoms with Gasteiger partial charge in [0, 0.05) is 0 Å². The van der Waals surface area contributed by atoms with Gasteiger partial charge in [-0.25, -0.2) is 10.0 Å². The highest BCUT2D eigenvalue weighted by atomic mass is 32.3. The van der Waals surface area contributed by atoms with Gasteiger partial charge in [-0.15, -0.1) is 0 Å². The monoisotopic (exact) mass is 288 g/mol. The first-order valence-electron chi connectivity index (χ1n) is 7.24. The summed E-state index contributed by atoms with van der Waals surface area (Å²) in [6.45, 7) is 8.38. The zero-order valence-corrected chi connectivity index (χ0v) is 14.8. The smallest absolute Gasteiger partial charge is 0.0106 e. The molecule has 0 saturated carbocycles. The van der Waals surface area contributed by atoms with E-state index in [9.17, 15) is 0 Å². The van der Waals surface area contributed by atoms with Crippen molar-refractivity contribution in [3.05, 3.63) is 53.6 Å². The summed E-state index contributed by atoms with van der Waals surface area (Å²) in [7, 11) is -0.620. The van der Waals surface area contributed by atoms with Crippen molar-refractivity contribution in [1.82, 2.24) is 0 Å². The molecule has 0 radical (unpaired) electrons. The molecule has 110 valence electrons. The highest BCUT2D eigenvalue weighted by Gasteiger charge is 2.08. The van der Waals surface area contributed by atoms with Gasteiger partial charge in [-0.3, -0.25) is 0 Å². The lowest BCUT2D eigenvalue weighted by atomic mass is 9.97. The normalized spacial score (nSPS) is 11.6. The van der Waals surface area contributed by atoms with Crippen LogP contribution in [-0.2, 0) is 0 Å². The van der Waals surface area contributed by atoms with E-state index < -0.39 is 10.0 Å². The molecule has 0 nitrogen and oxygen atoms in total. The molecule has 2 aromatic rings. The number of aryl methyl sites for hydroxylation is 1. The Bertz CT molecular complexity index is 545. The number of rotatable bonds is 2. The second-order valence-electron chi connectivity index (χ2n) is 5.61. The molecule has 0 aliphatic heterocycles. The third-order valence-corrected chi connectivity index (χ3v) is 5.16. The lowest BCUT2D eigenvalue weighted by molar-refractivity contribution is 1.33. The molecule has 0 amide bonds. The Kier molecular flexibility index (Phi) is 5.88. The molecule has 0 spiro atoms. The van der Waals surface area contributed by atoms with E-state index >= 15 is 0 Å². The molecule has 0 aliphatic carbocycles. The van der Waals surface area contributed by atoms with Gasteiger partial charge in [0.05, 0.1) is 0 Å². The minimum atomic E-state index is -0.620. The van der Waals surface area contributed by atoms with Crippen molar-refractivity contribution in [2.24, 2.45) is 0 Å². The molecule has 0 aromatic heterocycles. The predicted molar refractivity (Wildman–Crippen MR) is 96.3 cm³/mol. The summed E-state index contributed by atoms with van der Waals surface area (Å²) < 4.78 is 0. The molecule has 0 N–H and O–H groups in total. The van der Waals surface area contributed by atoms with Crippen molar-refractivity contribution in [2.45, 2.75) is 32.6 Å². The molecule has 0 bridgehead atoms. The van der Waals surface area contributed by atoms with Crippen LogP contribution in [0.2, 0.25) is 0 Å². The fourth-order valence-corrected chi connectivity index (χ4v) is 3.06. The fourth-order valence-electron chi connectivity index (χ4n) is 2.11. The van der Waals surface area contributed by atoms with Crippen LogP contribution < -0.4 is 0 Å². The fraction of sp³-hybridized carbons (Fsp3) is 0.368. The van der Waals surface area contributed by atoms with Gasteiger partial charge in [-0.1, -0.05) is 44.2 Å². The van der Waals surface area contributed by atoms with Crippen LogP contribution in [-0.4, -0.2) is 18.8 Å². The van der Waals surface area contributed by atoms with Crippen molar-refractivity contribution < 1.29 is 0 Å². The van der Waals surface area contributed by atoms with E-state index in [0.29, 0.717) is 0 Å². The summed E-state index contributed by atoms with van der Waals surface area (Å²) >= 11 is 0. The second kappa shape index (κ2) is 6.99. The number of benzene rings is 2. The summed E-state index contributed by atoms with van der Waals surface area (Å²) in [4.78, 5) is 1.47. The van der Waals surface area contributed by atoms with E-state index in [2.05, 4.69) is 75.1 Å². The zero-order valence-electron chi connectivity index (χ0n) is 13.9. The maximum atomic E-state index is 2.33. The molecule has 0 atom stereocenters. The van der Waals surface area contributed by atoms with Crippen molar-refractivity contribution in [2.75, 3.05) is 18.8 Å². The van der Waals surface area contributed by atoms with E-state index in [1.165, 1.54) is 27.1 Å². The van der Waals surface area contributed by atoms with E-state index in [4.69, 9.17) is 0 Å². The average Bonchev–Trinajstić information content (AvgIpc) is 2.43. The van der Waals surface area contributed by atoms with Crippen molar-refractivity contribution in [1.29, 1.82) is 0 Å². The van der Waals surface area contributed by atoms with Crippen molar-refractivity contribution in [3.63, 3.8) is 0 Å². The zero-order chi connectivity index (χ0) is 15.3. The maximum Gasteiger partial charge on any atom is -0.0106 e. The molecule has 1 heteroatoms. The van der Waals surface area contributed by atoms with Crippen LogP contribution >= 0.6 is 10.0 Å². The quantitative estimate of drug-likeness (QED) is 0.631. The Morgan fingerprint density at radius 3 is 1.80 bits per heavy atom. The van der Waals surface area contributed by atoms with Crippen LogP contribution in [0.25, 0.3) is 11.1 Å². The SMILES string of the molecule is CC.Cc1cccc(-c2ccc(S(C)(C)C)cc2)c1C. The van der Waals surface area contributed by atoms with Crippen LogP contribution in [0.1, 0.15) is 25.0 Å². The minimum absolute atomic E-state index is 0.620. The molecule has 20 heavy (non-hydrogen) atoms. The Balaban J connectivity index is 0.000000956. The molecule has 0 unspecified atom stereocenters. The van der Waals surface area contributed by atoms with E-state index in [-0.39, 0.29) is 0 Å². The van der Waals surface area contributed by atoms with Crippen molar-refractivity contribution in [3.8, 4) is 11.1 Å². The summed E-state index contributed by atoms with van der Waals surface area (Å²) in [6.07, 6.45) is 7.00. The Hall–Kier alpha value is -1.21. The molecular weight excluding hydrogens is 260 g/mol. The minimum Gasteiger partial charge on any atom is -0.223 e. The van der Waals surface area contributed by atoms with Crippen LogP contribution in [0.5, 0.6) is 0 Å². The average molecular weight is 288 g/mol. The standard InChI is InChI=1S/C17H22S.C2H6/c1-13-7-6-8-17(14(13)2)15-9-11-16(12-10-15)18(3,4)5;1-2/h6-12H,1-5H3;1-2H3. The van der Waals surface area contributed by atoms with Crippen LogP contribution in [0.15, 0.2) is 47.4 Å². The molecule has 0 heterocycles. The van der Waals surface area contributed by atoms with Gasteiger partial charge in [0.25, 0.3) is 0 Å². The largest absolute Gasteiger partial charge is 0.223 e. The molecule has 2 rings (SSSR count). The number of hydrogen-bond acceptors (Lipinski definition) is 0. The Labute approximate surface area is 126 Å². The van der Waals surface area contributed by atoms with Gasteiger partial charge in [-0.2, -0.15) is 0 Å². The first-order chi connectivity index (χ1) is 9.39. The topological polar surface area (TPSA) is 0 Å². The van der Waals surface area contributed by atoms with Gasteiger partial charge >= 0.3 is 0 Å². The summed E-state index contributed by atoms with van der Waals surface area (Å²) in [5, 5.41) is 0. The Morgan fingerprint density at radius 2 is 1.30 bits per heavy atom. The predicted octanol–water partition coefficient (Wildman–Crippen LogP) is 6.05. The van der Waals surface area contributed by atoms with Gasteiger partial charge in [0.15, 0.2) is 0 Å². The van der Waals surface area contributed by atoms with E-state index in [1.54, 1.807) is 0 Å². The van der Waals surface area contributed by atoms with E-state index in [1.807, 2.05) is 13.8 Å². The number of hydrogen-bond donors (Lipinski definition) is 0. The lowest BCUT2D eigenvalue weighted by Crippen LogP contribution is -1.93. The summed E-state index contributed by atoms with van der Waals surface area (Å²) in [5.41, 5.74) is 5.42. The first kappa shape index (κ1) is 16.8. The molecular formula is C19H28S. The van der Waals surface area contributed by atoms with Gasteiger partial charge in [-0.05, 0) is 71.9 Å². The van der Waals surface area contributed by atoms with Crippen LogP contribution in [0.4, 0.5) is 0 Å². The highest BCUT2D eigenvalue weighted by molar-refractivity contribution is 8.32. The first-order valence-corrected chi connectivity index (χ1v) is 10.1. The van der Waals surface area contributed by atoms with Crippen LogP contribution in [0.3, 0.4) is 0 Å². The van der Waals surface area contributed by atoms with Gasteiger partial charge < -0.3 is 0 Å². The van der Waals surface area contributed by atoms with Gasteiger partial charge in [0.1, 0.15) is 0 Å². The summed E-state index contributed by atoms with van der Waals surface area (Å²) in [6, 6.07) is 15.6. The molecule has 0 aliphatic rings. The second-order valence-corrected chi connectivity index (χ2v) is 9.75. The third kappa shape index (κ3) is 3.89. The molecule has 2 aromatic carbocycles. The Morgan fingerprint density at radius 1 is 0.750 bits per heavy atom.